The lowest BCUT2D eigenvalue weighted by Crippen LogP contribution is -2.40. The van der Waals surface area contributed by atoms with Crippen molar-refractivity contribution in [3.05, 3.63) is 101 Å². The standard InChI is InChI=1S/C29H24F2N6O/c1-17-20-5-2-3-6-21(20)24(31)16-35(17)29(38)26-15-28(36-12-4-11-32-36)37-27(33-26)14-25(34-37)22-10-9-19(13-23(22)30)18-7-8-18/h2-6,9-15,17-18,24H,7-8,16H2,1H3. The molecule has 1 amide bonds. The van der Waals surface area contributed by atoms with Gasteiger partial charge in [-0.2, -0.15) is 14.7 Å². The highest BCUT2D eigenvalue weighted by molar-refractivity contribution is 5.94. The van der Waals surface area contributed by atoms with Crippen molar-refractivity contribution in [2.75, 3.05) is 6.54 Å². The molecule has 2 unspecified atom stereocenters. The van der Waals surface area contributed by atoms with Gasteiger partial charge in [0, 0.05) is 30.1 Å². The molecule has 0 radical (unpaired) electrons. The number of amides is 1. The van der Waals surface area contributed by atoms with Crippen molar-refractivity contribution >= 4 is 11.6 Å². The molecule has 0 bridgehead atoms. The molecule has 190 valence electrons. The van der Waals surface area contributed by atoms with E-state index in [4.69, 9.17) is 0 Å². The molecule has 1 fully saturated rings. The Balaban J connectivity index is 1.32. The number of aromatic nitrogens is 5. The molecule has 1 aliphatic heterocycles. The number of carbonyl (C=O) groups excluding carboxylic acids is 1. The average Bonchev–Trinajstić information content (AvgIpc) is 3.46. The molecular formula is C29H24F2N6O. The van der Waals surface area contributed by atoms with Crippen molar-refractivity contribution in [3.63, 3.8) is 0 Å². The summed E-state index contributed by atoms with van der Waals surface area (Å²) in [5.74, 6) is 0.165. The zero-order chi connectivity index (χ0) is 26.0. The highest BCUT2D eigenvalue weighted by Crippen LogP contribution is 2.41. The van der Waals surface area contributed by atoms with E-state index < -0.39 is 12.1 Å². The molecule has 9 heteroatoms. The highest BCUT2D eigenvalue weighted by Gasteiger charge is 2.35. The van der Waals surface area contributed by atoms with Gasteiger partial charge in [0.05, 0.1) is 18.3 Å². The molecule has 5 aromatic rings. The highest BCUT2D eigenvalue weighted by atomic mass is 19.1. The molecule has 38 heavy (non-hydrogen) atoms. The van der Waals surface area contributed by atoms with Gasteiger partial charge in [-0.3, -0.25) is 4.79 Å². The number of alkyl halides is 1. The maximum Gasteiger partial charge on any atom is 0.273 e. The molecule has 2 aliphatic rings. The SMILES string of the molecule is CC1c2ccccc2C(F)CN1C(=O)c1cc(-n2cccn2)n2nc(-c3ccc(C4CC4)cc3F)cc2n1. The Kier molecular flexibility index (Phi) is 5.14. The molecule has 3 aromatic heterocycles. The third kappa shape index (κ3) is 3.69. The lowest BCUT2D eigenvalue weighted by atomic mass is 9.92. The minimum atomic E-state index is -1.29. The molecule has 1 aliphatic carbocycles. The van der Waals surface area contributed by atoms with E-state index in [0.29, 0.717) is 34.2 Å². The van der Waals surface area contributed by atoms with Crippen LogP contribution < -0.4 is 0 Å². The second-order valence-electron chi connectivity index (χ2n) is 9.99. The van der Waals surface area contributed by atoms with Gasteiger partial charge in [0.1, 0.15) is 17.7 Å². The van der Waals surface area contributed by atoms with Crippen LogP contribution in [0.15, 0.2) is 73.1 Å². The maximum absolute atomic E-state index is 15.1. The lowest BCUT2D eigenvalue weighted by Gasteiger charge is -2.36. The van der Waals surface area contributed by atoms with Gasteiger partial charge in [0.25, 0.3) is 5.91 Å². The second kappa shape index (κ2) is 8.58. The van der Waals surface area contributed by atoms with Crippen LogP contribution in [0.1, 0.15) is 65.1 Å². The zero-order valence-corrected chi connectivity index (χ0v) is 20.6. The van der Waals surface area contributed by atoms with Gasteiger partial charge >= 0.3 is 0 Å². The minimum absolute atomic E-state index is 0.0654. The van der Waals surface area contributed by atoms with Crippen LogP contribution in [0.4, 0.5) is 8.78 Å². The topological polar surface area (TPSA) is 68.3 Å². The van der Waals surface area contributed by atoms with E-state index in [9.17, 15) is 4.79 Å². The number of nitrogens with zero attached hydrogens (tertiary/aromatic N) is 6. The van der Waals surface area contributed by atoms with Crippen LogP contribution in [0.5, 0.6) is 0 Å². The fourth-order valence-corrected chi connectivity index (χ4v) is 5.36. The summed E-state index contributed by atoms with van der Waals surface area (Å²) >= 11 is 0. The summed E-state index contributed by atoms with van der Waals surface area (Å²) in [6.07, 6.45) is 4.24. The average molecular weight is 511 g/mol. The first-order valence-corrected chi connectivity index (χ1v) is 12.7. The third-order valence-electron chi connectivity index (χ3n) is 7.55. The summed E-state index contributed by atoms with van der Waals surface area (Å²) in [6.45, 7) is 1.82. The normalized spacial score (nSPS) is 19.1. The number of fused-ring (bicyclic) bond motifs is 2. The van der Waals surface area contributed by atoms with Crippen molar-refractivity contribution in [1.82, 2.24) is 29.3 Å². The summed E-state index contributed by atoms with van der Waals surface area (Å²) in [6, 6.07) is 17.2. The van der Waals surface area contributed by atoms with Crippen molar-refractivity contribution in [2.45, 2.75) is 37.9 Å². The van der Waals surface area contributed by atoms with Gasteiger partial charge < -0.3 is 4.90 Å². The number of carbonyl (C=O) groups is 1. The predicted molar refractivity (Wildman–Crippen MR) is 137 cm³/mol. The van der Waals surface area contributed by atoms with E-state index in [-0.39, 0.29) is 24.1 Å². The van der Waals surface area contributed by atoms with Gasteiger partial charge in [0.15, 0.2) is 11.5 Å². The fourth-order valence-electron chi connectivity index (χ4n) is 5.36. The van der Waals surface area contributed by atoms with Crippen LogP contribution in [0.2, 0.25) is 0 Å². The first-order valence-electron chi connectivity index (χ1n) is 12.7. The Morgan fingerprint density at radius 3 is 2.58 bits per heavy atom. The number of hydrogen-bond acceptors (Lipinski definition) is 4. The summed E-state index contributed by atoms with van der Waals surface area (Å²) in [7, 11) is 0. The van der Waals surface area contributed by atoms with Gasteiger partial charge in [-0.05, 0) is 60.6 Å². The molecule has 2 atom stereocenters. The second-order valence-corrected chi connectivity index (χ2v) is 9.99. The van der Waals surface area contributed by atoms with Gasteiger partial charge in [-0.15, -0.1) is 0 Å². The molecule has 0 saturated heterocycles. The van der Waals surface area contributed by atoms with E-state index in [1.807, 2.05) is 25.1 Å². The molecule has 4 heterocycles. The molecule has 1 saturated carbocycles. The molecule has 2 aromatic carbocycles. The van der Waals surface area contributed by atoms with Crippen LogP contribution in [-0.2, 0) is 0 Å². The van der Waals surface area contributed by atoms with Crippen LogP contribution in [0.3, 0.4) is 0 Å². The van der Waals surface area contributed by atoms with E-state index in [1.165, 1.54) is 4.90 Å². The van der Waals surface area contributed by atoms with E-state index in [2.05, 4.69) is 15.2 Å². The van der Waals surface area contributed by atoms with Crippen molar-refractivity contribution in [3.8, 4) is 17.1 Å². The largest absolute Gasteiger partial charge is 0.327 e. The Labute approximate surface area is 217 Å². The molecule has 7 rings (SSSR count). The van der Waals surface area contributed by atoms with E-state index >= 15 is 8.78 Å². The Bertz CT molecular complexity index is 1690. The van der Waals surface area contributed by atoms with Gasteiger partial charge in [-0.1, -0.05) is 30.3 Å². The Hall–Kier alpha value is -4.40. The zero-order valence-electron chi connectivity index (χ0n) is 20.6. The monoisotopic (exact) mass is 510 g/mol. The predicted octanol–water partition coefficient (Wildman–Crippen LogP) is 5.83. The van der Waals surface area contributed by atoms with Crippen molar-refractivity contribution < 1.29 is 13.6 Å². The summed E-state index contributed by atoms with van der Waals surface area (Å²) < 4.78 is 33.3. The lowest BCUT2D eigenvalue weighted by molar-refractivity contribution is 0.0585. The van der Waals surface area contributed by atoms with E-state index in [0.717, 1.165) is 24.0 Å². The van der Waals surface area contributed by atoms with Crippen LogP contribution in [0, 0.1) is 5.82 Å². The van der Waals surface area contributed by atoms with Crippen LogP contribution in [-0.4, -0.2) is 41.7 Å². The summed E-state index contributed by atoms with van der Waals surface area (Å²) in [5, 5.41) is 8.94. The van der Waals surface area contributed by atoms with Crippen LogP contribution >= 0.6 is 0 Å². The van der Waals surface area contributed by atoms with Crippen molar-refractivity contribution in [2.24, 2.45) is 0 Å². The smallest absolute Gasteiger partial charge is 0.273 e. The molecular weight excluding hydrogens is 486 g/mol. The van der Waals surface area contributed by atoms with Crippen LogP contribution in [0.25, 0.3) is 22.7 Å². The minimum Gasteiger partial charge on any atom is -0.327 e. The first-order chi connectivity index (χ1) is 18.5. The number of rotatable bonds is 4. The van der Waals surface area contributed by atoms with Gasteiger partial charge in [-0.25, -0.2) is 18.4 Å². The maximum atomic E-state index is 15.1. The first kappa shape index (κ1) is 22.8. The van der Waals surface area contributed by atoms with Gasteiger partial charge in [0.2, 0.25) is 0 Å². The molecule has 0 spiro atoms. The Morgan fingerprint density at radius 2 is 1.84 bits per heavy atom. The quantitative estimate of drug-likeness (QED) is 0.305. The molecule has 0 N–H and O–H groups in total. The summed E-state index contributed by atoms with van der Waals surface area (Å²) in [4.78, 5) is 19.8. The fraction of sp³-hybridized carbons (Fsp3) is 0.241. The number of benzene rings is 2. The summed E-state index contributed by atoms with van der Waals surface area (Å²) in [5.41, 5.74) is 3.66. The third-order valence-corrected chi connectivity index (χ3v) is 7.55. The van der Waals surface area contributed by atoms with Crippen molar-refractivity contribution in [1.29, 1.82) is 0 Å². The number of halogens is 2. The molecule has 7 nitrogen and oxygen atoms in total. The Morgan fingerprint density at radius 1 is 1.03 bits per heavy atom. The van der Waals surface area contributed by atoms with E-state index in [1.54, 1.807) is 64.1 Å². The number of hydrogen-bond donors (Lipinski definition) is 0.